The van der Waals surface area contributed by atoms with Crippen LogP contribution in [0.15, 0.2) is 36.4 Å². The van der Waals surface area contributed by atoms with Crippen molar-refractivity contribution in [2.24, 2.45) is 5.73 Å². The molecule has 9 heteroatoms. The van der Waals surface area contributed by atoms with Crippen molar-refractivity contribution in [1.29, 1.82) is 0 Å². The van der Waals surface area contributed by atoms with Gasteiger partial charge in [-0.3, -0.25) is 4.90 Å². The van der Waals surface area contributed by atoms with Gasteiger partial charge in [0.1, 0.15) is 22.6 Å². The molecule has 0 unspecified atom stereocenters. The lowest BCUT2D eigenvalue weighted by Crippen LogP contribution is -2.31. The maximum Gasteiger partial charge on any atom is 0.339 e. The quantitative estimate of drug-likeness (QED) is 0.523. The van der Waals surface area contributed by atoms with Crippen LogP contribution in [0.5, 0.6) is 11.5 Å². The van der Waals surface area contributed by atoms with Crippen LogP contribution < -0.4 is 10.6 Å². The Morgan fingerprint density at radius 1 is 0.875 bits per heavy atom. The number of carbonyl (C=O) groups is 2. The van der Waals surface area contributed by atoms with Gasteiger partial charge in [0, 0.05) is 12.1 Å². The van der Waals surface area contributed by atoms with Crippen molar-refractivity contribution in [3.8, 4) is 11.5 Å². The molecular weight excluding hydrogens is 336 g/mol. The van der Waals surface area contributed by atoms with Crippen molar-refractivity contribution in [2.45, 2.75) is 0 Å². The predicted octanol–water partition coefficient (Wildman–Crippen LogP) is 1.88. The van der Waals surface area contributed by atoms with Gasteiger partial charge in [-0.15, -0.1) is 0 Å². The van der Waals surface area contributed by atoms with Crippen LogP contribution in [0.3, 0.4) is 0 Å². The number of thiocarbonyl (C=S) groups is 1. The highest BCUT2D eigenvalue weighted by molar-refractivity contribution is 7.80. The first kappa shape index (κ1) is 17.0. The third-order valence-electron chi connectivity index (χ3n) is 3.16. The summed E-state index contributed by atoms with van der Waals surface area (Å²) in [6.07, 6.45) is 0. The van der Waals surface area contributed by atoms with Crippen molar-refractivity contribution in [3.63, 3.8) is 0 Å². The molecule has 8 nitrogen and oxygen atoms in total. The first-order valence-electron chi connectivity index (χ1n) is 6.44. The van der Waals surface area contributed by atoms with E-state index in [-0.39, 0.29) is 27.6 Å². The molecule has 0 fully saturated rings. The molecule has 0 saturated heterocycles. The third kappa shape index (κ3) is 3.20. The molecule has 0 atom stereocenters. The topological polar surface area (TPSA) is 144 Å². The minimum absolute atomic E-state index is 0.153. The smallest absolute Gasteiger partial charge is 0.339 e. The number of aromatic hydroxyl groups is 2. The fraction of sp³-hybridized carbons (Fsp3) is 0. The molecule has 124 valence electrons. The first-order valence-corrected chi connectivity index (χ1v) is 6.85. The minimum Gasteiger partial charge on any atom is -0.507 e. The summed E-state index contributed by atoms with van der Waals surface area (Å²) < 4.78 is 0. The number of aromatic carboxylic acids is 2. The van der Waals surface area contributed by atoms with E-state index in [9.17, 15) is 19.8 Å². The van der Waals surface area contributed by atoms with Crippen molar-refractivity contribution in [1.82, 2.24) is 0 Å². The number of anilines is 2. The van der Waals surface area contributed by atoms with Crippen LogP contribution in [0.2, 0.25) is 0 Å². The Balaban J connectivity index is 2.53. The molecule has 0 aromatic heterocycles. The Labute approximate surface area is 141 Å². The van der Waals surface area contributed by atoms with Gasteiger partial charge in [0.2, 0.25) is 0 Å². The summed E-state index contributed by atoms with van der Waals surface area (Å²) in [7, 11) is 0. The molecule has 0 spiro atoms. The maximum absolute atomic E-state index is 10.9. The summed E-state index contributed by atoms with van der Waals surface area (Å²) in [5.41, 5.74) is 5.54. The Kier molecular flexibility index (Phi) is 4.56. The summed E-state index contributed by atoms with van der Waals surface area (Å²) in [6.45, 7) is 0. The molecule has 0 aliphatic rings. The fourth-order valence-corrected chi connectivity index (χ4v) is 2.29. The molecule has 0 aliphatic carbocycles. The van der Waals surface area contributed by atoms with E-state index >= 15 is 0 Å². The lowest BCUT2D eigenvalue weighted by atomic mass is 10.1. The summed E-state index contributed by atoms with van der Waals surface area (Å²) in [4.78, 5) is 23.1. The molecule has 6 N–H and O–H groups in total. The normalized spacial score (nSPS) is 10.2. The second-order valence-electron chi connectivity index (χ2n) is 4.69. The second-order valence-corrected chi connectivity index (χ2v) is 5.11. The fourth-order valence-electron chi connectivity index (χ4n) is 2.08. The van der Waals surface area contributed by atoms with Gasteiger partial charge in [-0.2, -0.15) is 0 Å². The highest BCUT2D eigenvalue weighted by Gasteiger charge is 2.19. The van der Waals surface area contributed by atoms with Crippen LogP contribution in [-0.2, 0) is 0 Å². The summed E-state index contributed by atoms with van der Waals surface area (Å²) >= 11 is 4.94. The SMILES string of the molecule is NC(=S)N(c1ccc(C(=O)O)c(O)c1)c1ccc(C(=O)O)c(O)c1. The minimum atomic E-state index is -1.30. The molecule has 0 heterocycles. The largest absolute Gasteiger partial charge is 0.507 e. The lowest BCUT2D eigenvalue weighted by Gasteiger charge is -2.23. The van der Waals surface area contributed by atoms with E-state index in [4.69, 9.17) is 28.2 Å². The molecule has 0 saturated carbocycles. The van der Waals surface area contributed by atoms with Crippen LogP contribution in [-0.4, -0.2) is 37.5 Å². The summed E-state index contributed by atoms with van der Waals surface area (Å²) in [6, 6.07) is 7.36. The van der Waals surface area contributed by atoms with Crippen LogP contribution in [0.4, 0.5) is 11.4 Å². The average molecular weight is 348 g/mol. The third-order valence-corrected chi connectivity index (χ3v) is 3.34. The number of hydrogen-bond acceptors (Lipinski definition) is 5. The number of hydrogen-bond donors (Lipinski definition) is 5. The zero-order valence-corrected chi connectivity index (χ0v) is 12.8. The lowest BCUT2D eigenvalue weighted by molar-refractivity contribution is 0.0682. The summed E-state index contributed by atoms with van der Waals surface area (Å²) in [5, 5.41) is 37.3. The van der Waals surface area contributed by atoms with Gasteiger partial charge in [-0.25, -0.2) is 9.59 Å². The number of carboxylic acids is 2. The van der Waals surface area contributed by atoms with Crippen LogP contribution in [0.1, 0.15) is 20.7 Å². The first-order chi connectivity index (χ1) is 11.2. The molecule has 0 aliphatic heterocycles. The van der Waals surface area contributed by atoms with Gasteiger partial charge in [0.25, 0.3) is 0 Å². The van der Waals surface area contributed by atoms with Gasteiger partial charge in [0.05, 0.1) is 11.4 Å². The standard InChI is InChI=1S/C15H12N2O6S/c16-15(24)17(7-1-3-9(13(20)21)11(18)5-7)8-2-4-10(14(22)23)12(19)6-8/h1-6,18-19H,(H2,16,24)(H,20,21)(H,22,23). The van der Waals surface area contributed by atoms with Gasteiger partial charge >= 0.3 is 11.9 Å². The van der Waals surface area contributed by atoms with Crippen molar-refractivity contribution < 1.29 is 30.0 Å². The van der Waals surface area contributed by atoms with Gasteiger partial charge in [0.15, 0.2) is 5.11 Å². The number of phenols is 2. The van der Waals surface area contributed by atoms with Crippen molar-refractivity contribution in [2.75, 3.05) is 4.90 Å². The number of benzene rings is 2. The molecule has 0 amide bonds. The number of rotatable bonds is 4. The highest BCUT2D eigenvalue weighted by Crippen LogP contribution is 2.33. The highest BCUT2D eigenvalue weighted by atomic mass is 32.1. The molecule has 2 aromatic rings. The summed E-state index contributed by atoms with van der Waals surface area (Å²) in [5.74, 6) is -3.59. The van der Waals surface area contributed by atoms with Crippen LogP contribution in [0.25, 0.3) is 0 Å². The Hall–Kier alpha value is -3.33. The monoisotopic (exact) mass is 348 g/mol. The molecule has 0 bridgehead atoms. The van der Waals surface area contributed by atoms with Crippen LogP contribution >= 0.6 is 12.2 Å². The van der Waals surface area contributed by atoms with Crippen molar-refractivity contribution in [3.05, 3.63) is 47.5 Å². The molecule has 0 radical (unpaired) electrons. The maximum atomic E-state index is 10.9. The van der Waals surface area contributed by atoms with E-state index in [1.807, 2.05) is 0 Å². The van der Waals surface area contributed by atoms with Crippen LogP contribution in [0, 0.1) is 0 Å². The van der Waals surface area contributed by atoms with Gasteiger partial charge < -0.3 is 26.2 Å². The predicted molar refractivity (Wildman–Crippen MR) is 89.1 cm³/mol. The zero-order valence-electron chi connectivity index (χ0n) is 12.0. The Morgan fingerprint density at radius 2 is 1.25 bits per heavy atom. The average Bonchev–Trinajstić information content (AvgIpc) is 2.46. The van der Waals surface area contributed by atoms with E-state index in [2.05, 4.69) is 0 Å². The van der Waals surface area contributed by atoms with E-state index in [0.29, 0.717) is 0 Å². The molecular formula is C15H12N2O6S. The number of carboxylic acid groups (broad SMARTS) is 2. The van der Waals surface area contributed by atoms with Crippen molar-refractivity contribution >= 4 is 40.6 Å². The molecule has 2 rings (SSSR count). The number of nitrogens with zero attached hydrogens (tertiary/aromatic N) is 1. The van der Waals surface area contributed by atoms with E-state index in [0.717, 1.165) is 12.1 Å². The molecule has 24 heavy (non-hydrogen) atoms. The Bertz CT molecular complexity index is 788. The van der Waals surface area contributed by atoms with E-state index in [1.54, 1.807) is 0 Å². The van der Waals surface area contributed by atoms with E-state index < -0.39 is 23.4 Å². The molecule has 2 aromatic carbocycles. The number of nitrogens with two attached hydrogens (primary N) is 1. The van der Waals surface area contributed by atoms with Gasteiger partial charge in [-0.05, 0) is 36.5 Å². The second kappa shape index (κ2) is 6.42. The van der Waals surface area contributed by atoms with Gasteiger partial charge in [-0.1, -0.05) is 0 Å². The van der Waals surface area contributed by atoms with E-state index in [1.165, 1.54) is 29.2 Å². The zero-order chi connectivity index (χ0) is 18.0. The Morgan fingerprint density at radius 3 is 1.50 bits per heavy atom.